The van der Waals surface area contributed by atoms with Gasteiger partial charge in [0, 0.05) is 12.1 Å². The second kappa shape index (κ2) is 8.46. The summed E-state index contributed by atoms with van der Waals surface area (Å²) in [7, 11) is 0. The summed E-state index contributed by atoms with van der Waals surface area (Å²) in [5.41, 5.74) is 1.55. The highest BCUT2D eigenvalue weighted by Crippen LogP contribution is 2.33. The molecule has 2 rings (SSSR count). The molecule has 1 saturated carbocycles. The van der Waals surface area contributed by atoms with Gasteiger partial charge in [-0.15, -0.1) is 0 Å². The molecule has 0 spiro atoms. The van der Waals surface area contributed by atoms with Gasteiger partial charge in [0.25, 0.3) is 0 Å². The molecule has 1 aliphatic carbocycles. The molecule has 0 aromatic heterocycles. The first-order chi connectivity index (χ1) is 9.83. The lowest BCUT2D eigenvalue weighted by Crippen LogP contribution is -2.40. The van der Waals surface area contributed by atoms with Gasteiger partial charge < -0.3 is 5.32 Å². The van der Waals surface area contributed by atoms with Crippen LogP contribution in [0.1, 0.15) is 76.7 Å². The lowest BCUT2D eigenvalue weighted by atomic mass is 9.81. The van der Waals surface area contributed by atoms with Crippen LogP contribution in [0.15, 0.2) is 30.3 Å². The van der Waals surface area contributed by atoms with Gasteiger partial charge in [-0.05, 0) is 50.0 Å². The molecule has 0 bridgehead atoms. The first kappa shape index (κ1) is 15.6. The zero-order valence-electron chi connectivity index (χ0n) is 13.3. The SMILES string of the molecule is CCCC(CCC)NC1CCC(c2ccccc2)CC1. The van der Waals surface area contributed by atoms with Crippen LogP contribution in [0.25, 0.3) is 0 Å². The predicted octanol–water partition coefficient (Wildman–Crippen LogP) is 5.27. The number of hydrogen-bond acceptors (Lipinski definition) is 1. The van der Waals surface area contributed by atoms with Gasteiger partial charge in [-0.1, -0.05) is 57.0 Å². The number of nitrogens with one attached hydrogen (secondary N) is 1. The van der Waals surface area contributed by atoms with Crippen LogP contribution in [0.4, 0.5) is 0 Å². The summed E-state index contributed by atoms with van der Waals surface area (Å²) in [5, 5.41) is 3.93. The van der Waals surface area contributed by atoms with Crippen LogP contribution in [0.5, 0.6) is 0 Å². The van der Waals surface area contributed by atoms with Gasteiger partial charge in [-0.25, -0.2) is 0 Å². The molecule has 0 radical (unpaired) electrons. The molecule has 0 saturated heterocycles. The van der Waals surface area contributed by atoms with Crippen LogP contribution in [0, 0.1) is 0 Å². The van der Waals surface area contributed by atoms with E-state index in [2.05, 4.69) is 49.5 Å². The Bertz CT molecular complexity index is 345. The van der Waals surface area contributed by atoms with Crippen molar-refractivity contribution in [2.75, 3.05) is 0 Å². The lowest BCUT2D eigenvalue weighted by molar-refractivity contribution is 0.298. The summed E-state index contributed by atoms with van der Waals surface area (Å²) in [6.07, 6.45) is 10.7. The maximum atomic E-state index is 3.93. The van der Waals surface area contributed by atoms with Gasteiger partial charge >= 0.3 is 0 Å². The molecule has 0 aliphatic heterocycles. The second-order valence-corrected chi connectivity index (χ2v) is 6.40. The van der Waals surface area contributed by atoms with E-state index in [9.17, 15) is 0 Å². The third-order valence-electron chi connectivity index (χ3n) is 4.74. The Labute approximate surface area is 125 Å². The van der Waals surface area contributed by atoms with Crippen molar-refractivity contribution in [1.82, 2.24) is 5.32 Å². The zero-order valence-corrected chi connectivity index (χ0v) is 13.3. The van der Waals surface area contributed by atoms with Crippen molar-refractivity contribution in [2.24, 2.45) is 0 Å². The van der Waals surface area contributed by atoms with E-state index in [0.29, 0.717) is 0 Å². The Hall–Kier alpha value is -0.820. The first-order valence-electron chi connectivity index (χ1n) is 8.64. The van der Waals surface area contributed by atoms with Crippen LogP contribution in [0.3, 0.4) is 0 Å². The Morgan fingerprint density at radius 2 is 1.55 bits per heavy atom. The summed E-state index contributed by atoms with van der Waals surface area (Å²) in [6.45, 7) is 4.60. The minimum Gasteiger partial charge on any atom is -0.311 e. The van der Waals surface area contributed by atoms with Crippen molar-refractivity contribution in [3.05, 3.63) is 35.9 Å². The molecule has 1 aliphatic rings. The molecule has 1 aromatic rings. The van der Waals surface area contributed by atoms with Crippen LogP contribution in [-0.2, 0) is 0 Å². The highest BCUT2D eigenvalue weighted by molar-refractivity contribution is 5.20. The Morgan fingerprint density at radius 3 is 2.10 bits per heavy atom. The number of hydrogen-bond donors (Lipinski definition) is 1. The fourth-order valence-electron chi connectivity index (χ4n) is 3.66. The standard InChI is InChI=1S/C19H31N/c1-3-8-18(9-4-2)20-19-14-12-17(13-15-19)16-10-6-5-7-11-16/h5-7,10-11,17-20H,3-4,8-9,12-15H2,1-2H3. The summed E-state index contributed by atoms with van der Waals surface area (Å²) in [4.78, 5) is 0. The number of benzene rings is 1. The van der Waals surface area contributed by atoms with Crippen molar-refractivity contribution >= 4 is 0 Å². The van der Waals surface area contributed by atoms with E-state index < -0.39 is 0 Å². The average molecular weight is 273 g/mol. The summed E-state index contributed by atoms with van der Waals surface area (Å²) in [5.74, 6) is 0.796. The van der Waals surface area contributed by atoms with Crippen molar-refractivity contribution in [3.8, 4) is 0 Å². The van der Waals surface area contributed by atoms with E-state index in [1.807, 2.05) is 0 Å². The fraction of sp³-hybridized carbons (Fsp3) is 0.684. The van der Waals surface area contributed by atoms with Gasteiger partial charge in [0.1, 0.15) is 0 Å². The van der Waals surface area contributed by atoms with Gasteiger partial charge in [-0.2, -0.15) is 0 Å². The maximum Gasteiger partial charge on any atom is 0.00700 e. The zero-order chi connectivity index (χ0) is 14.2. The quantitative estimate of drug-likeness (QED) is 0.713. The van der Waals surface area contributed by atoms with E-state index >= 15 is 0 Å². The van der Waals surface area contributed by atoms with Crippen LogP contribution < -0.4 is 5.32 Å². The number of rotatable bonds is 7. The monoisotopic (exact) mass is 273 g/mol. The van der Waals surface area contributed by atoms with Crippen molar-refractivity contribution in [1.29, 1.82) is 0 Å². The molecule has 1 N–H and O–H groups in total. The largest absolute Gasteiger partial charge is 0.311 e. The Balaban J connectivity index is 1.79. The molecular formula is C19H31N. The van der Waals surface area contributed by atoms with E-state index in [1.54, 1.807) is 5.56 Å². The molecule has 0 atom stereocenters. The van der Waals surface area contributed by atoms with Gasteiger partial charge in [0.2, 0.25) is 0 Å². The predicted molar refractivity (Wildman–Crippen MR) is 88.2 cm³/mol. The summed E-state index contributed by atoms with van der Waals surface area (Å²) < 4.78 is 0. The van der Waals surface area contributed by atoms with Crippen LogP contribution in [-0.4, -0.2) is 12.1 Å². The van der Waals surface area contributed by atoms with Gasteiger partial charge in [0.15, 0.2) is 0 Å². The molecule has 1 aromatic carbocycles. The van der Waals surface area contributed by atoms with Crippen LogP contribution in [0.2, 0.25) is 0 Å². The van der Waals surface area contributed by atoms with E-state index in [-0.39, 0.29) is 0 Å². The average Bonchev–Trinajstić information content (AvgIpc) is 2.49. The summed E-state index contributed by atoms with van der Waals surface area (Å²) >= 11 is 0. The molecule has 112 valence electrons. The smallest absolute Gasteiger partial charge is 0.00700 e. The molecule has 0 heterocycles. The van der Waals surface area contributed by atoms with Crippen molar-refractivity contribution in [3.63, 3.8) is 0 Å². The van der Waals surface area contributed by atoms with Gasteiger partial charge in [-0.3, -0.25) is 0 Å². The lowest BCUT2D eigenvalue weighted by Gasteiger charge is -2.32. The first-order valence-corrected chi connectivity index (χ1v) is 8.64. The summed E-state index contributed by atoms with van der Waals surface area (Å²) in [6, 6.07) is 12.6. The van der Waals surface area contributed by atoms with E-state index in [0.717, 1.165) is 18.0 Å². The normalized spacial score (nSPS) is 23.1. The minimum absolute atomic E-state index is 0.753. The highest BCUT2D eigenvalue weighted by Gasteiger charge is 2.23. The van der Waals surface area contributed by atoms with Crippen LogP contribution >= 0.6 is 0 Å². The molecule has 0 amide bonds. The topological polar surface area (TPSA) is 12.0 Å². The third-order valence-corrected chi connectivity index (χ3v) is 4.74. The third kappa shape index (κ3) is 4.63. The second-order valence-electron chi connectivity index (χ2n) is 6.40. The highest BCUT2D eigenvalue weighted by atomic mass is 14.9. The van der Waals surface area contributed by atoms with E-state index in [1.165, 1.54) is 51.4 Å². The van der Waals surface area contributed by atoms with Crippen molar-refractivity contribution in [2.45, 2.75) is 83.2 Å². The molecule has 1 fully saturated rings. The minimum atomic E-state index is 0.753. The molecule has 1 heteroatoms. The Morgan fingerprint density at radius 1 is 0.950 bits per heavy atom. The molecule has 20 heavy (non-hydrogen) atoms. The van der Waals surface area contributed by atoms with E-state index in [4.69, 9.17) is 0 Å². The molecular weight excluding hydrogens is 242 g/mol. The Kier molecular flexibility index (Phi) is 6.59. The molecule has 1 nitrogen and oxygen atoms in total. The fourth-order valence-corrected chi connectivity index (χ4v) is 3.66. The maximum absolute atomic E-state index is 3.93. The van der Waals surface area contributed by atoms with Gasteiger partial charge in [0.05, 0.1) is 0 Å². The molecule has 0 unspecified atom stereocenters. The van der Waals surface area contributed by atoms with Crippen molar-refractivity contribution < 1.29 is 0 Å².